The second-order valence-corrected chi connectivity index (χ2v) is 4.95. The Bertz CT molecular complexity index is 139. The Kier molecular flexibility index (Phi) is 7.03. The van der Waals surface area contributed by atoms with Crippen molar-refractivity contribution in [3.05, 3.63) is 0 Å². The Morgan fingerprint density at radius 3 is 2.40 bits per heavy atom. The molecule has 1 fully saturated rings. The molecule has 0 aromatic carbocycles. The van der Waals surface area contributed by atoms with Crippen molar-refractivity contribution in [1.29, 1.82) is 0 Å². The van der Waals surface area contributed by atoms with E-state index in [2.05, 4.69) is 24.2 Å². The topological polar surface area (TPSA) is 15.3 Å². The molecule has 90 valence electrons. The lowest BCUT2D eigenvalue weighted by atomic mass is 10.1. The van der Waals surface area contributed by atoms with Gasteiger partial charge in [-0.2, -0.15) is 0 Å². The van der Waals surface area contributed by atoms with Crippen molar-refractivity contribution in [1.82, 2.24) is 10.2 Å². The summed E-state index contributed by atoms with van der Waals surface area (Å²) in [7, 11) is 2.22. The first-order valence-electron chi connectivity index (χ1n) is 6.75. The Balaban J connectivity index is 1.87. The number of likely N-dealkylation sites (tertiary alicyclic amines) is 1. The molecule has 2 nitrogen and oxygen atoms in total. The molecule has 1 N–H and O–H groups in total. The number of hydrogen-bond donors (Lipinski definition) is 1. The van der Waals surface area contributed by atoms with E-state index in [4.69, 9.17) is 0 Å². The van der Waals surface area contributed by atoms with E-state index < -0.39 is 0 Å². The van der Waals surface area contributed by atoms with E-state index in [0.29, 0.717) is 0 Å². The number of hydrogen-bond acceptors (Lipinski definition) is 2. The minimum absolute atomic E-state index is 0.798. The maximum Gasteiger partial charge on any atom is 0.00914 e. The second-order valence-electron chi connectivity index (χ2n) is 4.95. The SMILES string of the molecule is CCCCCCCNC1CCN(C)CC1. The Hall–Kier alpha value is -0.0800. The monoisotopic (exact) mass is 212 g/mol. The van der Waals surface area contributed by atoms with E-state index in [1.54, 1.807) is 0 Å². The van der Waals surface area contributed by atoms with Crippen LogP contribution in [-0.4, -0.2) is 37.6 Å². The molecule has 0 unspecified atom stereocenters. The Labute approximate surface area is 95.4 Å². The minimum atomic E-state index is 0.798. The molecule has 0 amide bonds. The highest BCUT2D eigenvalue weighted by Crippen LogP contribution is 2.08. The molecule has 1 aliphatic rings. The van der Waals surface area contributed by atoms with E-state index in [0.717, 1.165) is 6.04 Å². The molecule has 0 radical (unpaired) electrons. The molecule has 0 aromatic heterocycles. The molecule has 0 aliphatic carbocycles. The van der Waals surface area contributed by atoms with Gasteiger partial charge < -0.3 is 10.2 Å². The van der Waals surface area contributed by atoms with Gasteiger partial charge in [0, 0.05) is 6.04 Å². The first-order chi connectivity index (χ1) is 7.33. The summed E-state index contributed by atoms with van der Waals surface area (Å²) in [5.74, 6) is 0. The molecule has 0 aromatic rings. The number of rotatable bonds is 7. The third-order valence-corrected chi connectivity index (χ3v) is 3.43. The van der Waals surface area contributed by atoms with Crippen LogP contribution in [0.15, 0.2) is 0 Å². The zero-order valence-corrected chi connectivity index (χ0v) is 10.6. The number of piperidine rings is 1. The number of nitrogens with zero attached hydrogens (tertiary/aromatic N) is 1. The molecular formula is C13H28N2. The van der Waals surface area contributed by atoms with Crippen molar-refractivity contribution in [2.45, 2.75) is 57.9 Å². The van der Waals surface area contributed by atoms with Crippen molar-refractivity contribution >= 4 is 0 Å². The van der Waals surface area contributed by atoms with Crippen LogP contribution in [0, 0.1) is 0 Å². The predicted molar refractivity (Wildman–Crippen MR) is 67.3 cm³/mol. The highest BCUT2D eigenvalue weighted by Gasteiger charge is 2.14. The molecule has 1 heterocycles. The van der Waals surface area contributed by atoms with E-state index >= 15 is 0 Å². The average molecular weight is 212 g/mol. The molecule has 2 heteroatoms. The fourth-order valence-electron chi connectivity index (χ4n) is 2.25. The average Bonchev–Trinajstić information content (AvgIpc) is 2.26. The van der Waals surface area contributed by atoms with E-state index in [9.17, 15) is 0 Å². The van der Waals surface area contributed by atoms with Crippen molar-refractivity contribution in [2.75, 3.05) is 26.7 Å². The second kappa shape index (κ2) is 8.12. The summed E-state index contributed by atoms with van der Waals surface area (Å²) in [6, 6.07) is 0.798. The van der Waals surface area contributed by atoms with Crippen LogP contribution in [0.1, 0.15) is 51.9 Å². The zero-order chi connectivity index (χ0) is 10.9. The van der Waals surface area contributed by atoms with Gasteiger partial charge in [0.2, 0.25) is 0 Å². The molecule has 0 saturated carbocycles. The molecule has 0 atom stereocenters. The normalized spacial score (nSPS) is 19.6. The van der Waals surface area contributed by atoms with Gasteiger partial charge in [-0.05, 0) is 45.9 Å². The standard InChI is InChI=1S/C13H28N2/c1-3-4-5-6-7-10-14-13-8-11-15(2)12-9-13/h13-14H,3-12H2,1-2H3. The van der Waals surface area contributed by atoms with Crippen LogP contribution in [0.2, 0.25) is 0 Å². The molecule has 0 spiro atoms. The molecule has 1 rings (SSSR count). The van der Waals surface area contributed by atoms with E-state index in [-0.39, 0.29) is 0 Å². The fraction of sp³-hybridized carbons (Fsp3) is 1.00. The van der Waals surface area contributed by atoms with E-state index in [1.165, 1.54) is 64.6 Å². The molecular weight excluding hydrogens is 184 g/mol. The van der Waals surface area contributed by atoms with Crippen LogP contribution in [0.5, 0.6) is 0 Å². The summed E-state index contributed by atoms with van der Waals surface area (Å²) in [6.45, 7) is 6.05. The molecule has 0 bridgehead atoms. The lowest BCUT2D eigenvalue weighted by Crippen LogP contribution is -2.41. The summed E-state index contributed by atoms with van der Waals surface area (Å²) in [4.78, 5) is 2.43. The van der Waals surface area contributed by atoms with Crippen LogP contribution in [0.25, 0.3) is 0 Å². The van der Waals surface area contributed by atoms with Crippen molar-refractivity contribution in [2.24, 2.45) is 0 Å². The van der Waals surface area contributed by atoms with Crippen LogP contribution < -0.4 is 5.32 Å². The minimum Gasteiger partial charge on any atom is -0.314 e. The third-order valence-electron chi connectivity index (χ3n) is 3.43. The van der Waals surface area contributed by atoms with Gasteiger partial charge in [-0.15, -0.1) is 0 Å². The van der Waals surface area contributed by atoms with Gasteiger partial charge in [0.25, 0.3) is 0 Å². The van der Waals surface area contributed by atoms with Crippen LogP contribution >= 0.6 is 0 Å². The van der Waals surface area contributed by atoms with Gasteiger partial charge in [0.05, 0.1) is 0 Å². The van der Waals surface area contributed by atoms with Gasteiger partial charge in [-0.3, -0.25) is 0 Å². The molecule has 15 heavy (non-hydrogen) atoms. The summed E-state index contributed by atoms with van der Waals surface area (Å²) >= 11 is 0. The summed E-state index contributed by atoms with van der Waals surface area (Å²) in [5.41, 5.74) is 0. The third kappa shape index (κ3) is 6.16. The zero-order valence-electron chi connectivity index (χ0n) is 10.6. The Morgan fingerprint density at radius 1 is 1.07 bits per heavy atom. The maximum atomic E-state index is 3.69. The molecule has 1 aliphatic heterocycles. The van der Waals surface area contributed by atoms with Gasteiger partial charge in [-0.25, -0.2) is 0 Å². The van der Waals surface area contributed by atoms with Gasteiger partial charge >= 0.3 is 0 Å². The fourth-order valence-corrected chi connectivity index (χ4v) is 2.25. The highest BCUT2D eigenvalue weighted by molar-refractivity contribution is 4.75. The number of unbranched alkanes of at least 4 members (excludes halogenated alkanes) is 4. The largest absolute Gasteiger partial charge is 0.314 e. The summed E-state index contributed by atoms with van der Waals surface area (Å²) in [5, 5.41) is 3.69. The van der Waals surface area contributed by atoms with Gasteiger partial charge in [0.1, 0.15) is 0 Å². The Morgan fingerprint density at radius 2 is 1.73 bits per heavy atom. The predicted octanol–water partition coefficient (Wildman–Crippen LogP) is 2.64. The van der Waals surface area contributed by atoms with Crippen LogP contribution in [0.3, 0.4) is 0 Å². The molecule has 1 saturated heterocycles. The first kappa shape index (κ1) is 13.0. The first-order valence-corrected chi connectivity index (χ1v) is 6.75. The van der Waals surface area contributed by atoms with Gasteiger partial charge in [0.15, 0.2) is 0 Å². The van der Waals surface area contributed by atoms with Crippen LogP contribution in [0.4, 0.5) is 0 Å². The summed E-state index contributed by atoms with van der Waals surface area (Å²) < 4.78 is 0. The highest BCUT2D eigenvalue weighted by atomic mass is 15.1. The number of nitrogens with one attached hydrogen (secondary N) is 1. The van der Waals surface area contributed by atoms with Crippen molar-refractivity contribution in [3.63, 3.8) is 0 Å². The summed E-state index contributed by atoms with van der Waals surface area (Å²) in [6.07, 6.45) is 9.64. The smallest absolute Gasteiger partial charge is 0.00914 e. The quantitative estimate of drug-likeness (QED) is 0.653. The van der Waals surface area contributed by atoms with Crippen molar-refractivity contribution < 1.29 is 0 Å². The van der Waals surface area contributed by atoms with E-state index in [1.807, 2.05) is 0 Å². The van der Waals surface area contributed by atoms with Crippen LogP contribution in [-0.2, 0) is 0 Å². The van der Waals surface area contributed by atoms with Crippen molar-refractivity contribution in [3.8, 4) is 0 Å². The van der Waals surface area contributed by atoms with Gasteiger partial charge in [-0.1, -0.05) is 32.6 Å². The lowest BCUT2D eigenvalue weighted by Gasteiger charge is -2.29. The lowest BCUT2D eigenvalue weighted by molar-refractivity contribution is 0.234. The maximum absolute atomic E-state index is 3.69.